The van der Waals surface area contributed by atoms with E-state index in [0.29, 0.717) is 24.1 Å². The minimum atomic E-state index is -0.889. The van der Waals surface area contributed by atoms with Gasteiger partial charge in [0.2, 0.25) is 5.91 Å². The van der Waals surface area contributed by atoms with Crippen LogP contribution < -0.4 is 10.6 Å². The molecule has 2 amide bonds. The van der Waals surface area contributed by atoms with Crippen molar-refractivity contribution < 1.29 is 19.5 Å². The van der Waals surface area contributed by atoms with Crippen LogP contribution in [0, 0.1) is 0 Å². The highest BCUT2D eigenvalue weighted by Crippen LogP contribution is 2.14. The van der Waals surface area contributed by atoms with Crippen molar-refractivity contribution in [3.63, 3.8) is 0 Å². The van der Waals surface area contributed by atoms with Crippen LogP contribution in [0.4, 0.5) is 5.69 Å². The molecule has 0 aliphatic rings. The second-order valence-corrected chi connectivity index (χ2v) is 7.40. The second kappa shape index (κ2) is 10.5. The van der Waals surface area contributed by atoms with Crippen molar-refractivity contribution in [1.29, 1.82) is 0 Å². The van der Waals surface area contributed by atoms with Crippen LogP contribution in [0.2, 0.25) is 0 Å². The lowest BCUT2D eigenvalue weighted by Gasteiger charge is -2.13. The van der Waals surface area contributed by atoms with Gasteiger partial charge in [0.15, 0.2) is 0 Å². The van der Waals surface area contributed by atoms with Crippen LogP contribution >= 0.6 is 11.3 Å². The van der Waals surface area contributed by atoms with Crippen LogP contribution in [0.5, 0.6) is 0 Å². The van der Waals surface area contributed by atoms with E-state index >= 15 is 0 Å². The minimum absolute atomic E-state index is 0.00299. The first-order valence-corrected chi connectivity index (χ1v) is 9.77. The second-order valence-electron chi connectivity index (χ2n) is 6.37. The summed E-state index contributed by atoms with van der Waals surface area (Å²) in [5, 5.41) is 16.3. The van der Waals surface area contributed by atoms with Gasteiger partial charge in [0, 0.05) is 35.0 Å². The predicted octanol–water partition coefficient (Wildman–Crippen LogP) is 3.69. The molecule has 0 aliphatic heterocycles. The number of rotatable bonds is 10. The number of benzene rings is 1. The Morgan fingerprint density at radius 2 is 1.96 bits per heavy atom. The third kappa shape index (κ3) is 7.62. The normalized spacial score (nSPS) is 11.6. The molecule has 0 saturated carbocycles. The van der Waals surface area contributed by atoms with Crippen molar-refractivity contribution in [3.05, 3.63) is 52.2 Å². The largest absolute Gasteiger partial charge is 0.481 e. The molecule has 2 rings (SSSR count). The Bertz CT molecular complexity index is 774. The van der Waals surface area contributed by atoms with Crippen molar-refractivity contribution in [2.24, 2.45) is 0 Å². The Morgan fingerprint density at radius 1 is 1.15 bits per heavy atom. The van der Waals surface area contributed by atoms with E-state index in [1.54, 1.807) is 42.5 Å². The molecule has 1 aromatic heterocycles. The smallest absolute Gasteiger partial charge is 0.303 e. The maximum absolute atomic E-state index is 12.3. The number of nitrogens with one attached hydrogen (secondary N) is 2. The molecular weight excluding hydrogens is 364 g/mol. The summed E-state index contributed by atoms with van der Waals surface area (Å²) in [7, 11) is 0. The first-order valence-electron chi connectivity index (χ1n) is 8.89. The molecule has 0 radical (unpaired) electrons. The van der Waals surface area contributed by atoms with Crippen molar-refractivity contribution in [2.45, 2.75) is 45.1 Å². The Balaban J connectivity index is 1.81. The van der Waals surface area contributed by atoms with Gasteiger partial charge in [0.1, 0.15) is 0 Å². The molecule has 0 spiro atoms. The van der Waals surface area contributed by atoms with Gasteiger partial charge >= 0.3 is 5.97 Å². The molecule has 1 unspecified atom stereocenters. The molecule has 0 aliphatic carbocycles. The van der Waals surface area contributed by atoms with Gasteiger partial charge in [-0.3, -0.25) is 14.4 Å². The van der Waals surface area contributed by atoms with Crippen LogP contribution in [-0.4, -0.2) is 28.9 Å². The van der Waals surface area contributed by atoms with E-state index in [9.17, 15) is 14.4 Å². The van der Waals surface area contributed by atoms with E-state index in [1.165, 1.54) is 4.88 Å². The summed E-state index contributed by atoms with van der Waals surface area (Å²) in [5.74, 6) is -1.26. The fraction of sp³-hybridized carbons (Fsp3) is 0.350. The summed E-state index contributed by atoms with van der Waals surface area (Å²) < 4.78 is 0. The van der Waals surface area contributed by atoms with Crippen LogP contribution in [0.15, 0.2) is 41.8 Å². The van der Waals surface area contributed by atoms with Gasteiger partial charge in [-0.2, -0.15) is 0 Å². The molecule has 6 nitrogen and oxygen atoms in total. The number of hydrogen-bond donors (Lipinski definition) is 3. The number of aryl methyl sites for hydroxylation is 1. The molecular formula is C20H24N2O4S. The number of thiophene rings is 1. The van der Waals surface area contributed by atoms with Gasteiger partial charge in [0.05, 0.1) is 0 Å². The molecule has 2 aromatic rings. The Hall–Kier alpha value is -2.67. The quantitative estimate of drug-likeness (QED) is 0.578. The van der Waals surface area contributed by atoms with E-state index < -0.39 is 5.97 Å². The summed E-state index contributed by atoms with van der Waals surface area (Å²) in [6.07, 6.45) is 2.43. The van der Waals surface area contributed by atoms with Crippen LogP contribution in [-0.2, 0) is 16.0 Å². The van der Waals surface area contributed by atoms with Gasteiger partial charge in [-0.05, 0) is 55.8 Å². The molecule has 1 aromatic carbocycles. The SMILES string of the molecule is CC(CCC(=O)O)NC(=O)c1cccc(NC(=O)CCCc2cccs2)c1. The number of carboxylic acid groups (broad SMARTS) is 1. The van der Waals surface area contributed by atoms with E-state index in [1.807, 2.05) is 11.4 Å². The summed E-state index contributed by atoms with van der Waals surface area (Å²) in [5.41, 5.74) is 0.996. The zero-order valence-electron chi connectivity index (χ0n) is 15.2. The highest BCUT2D eigenvalue weighted by molar-refractivity contribution is 7.09. The van der Waals surface area contributed by atoms with Gasteiger partial charge in [-0.15, -0.1) is 11.3 Å². The predicted molar refractivity (Wildman–Crippen MR) is 106 cm³/mol. The number of aliphatic carboxylic acids is 1. The van der Waals surface area contributed by atoms with E-state index in [2.05, 4.69) is 16.7 Å². The van der Waals surface area contributed by atoms with Crippen LogP contribution in [0.25, 0.3) is 0 Å². The maximum atomic E-state index is 12.3. The lowest BCUT2D eigenvalue weighted by Crippen LogP contribution is -2.33. The summed E-state index contributed by atoms with van der Waals surface area (Å²) in [6.45, 7) is 1.76. The molecule has 7 heteroatoms. The average molecular weight is 388 g/mol. The molecule has 0 saturated heterocycles. The third-order valence-electron chi connectivity index (χ3n) is 3.98. The third-order valence-corrected chi connectivity index (χ3v) is 4.92. The number of carboxylic acids is 1. The fourth-order valence-corrected chi connectivity index (χ4v) is 3.31. The Morgan fingerprint density at radius 3 is 2.67 bits per heavy atom. The zero-order valence-corrected chi connectivity index (χ0v) is 16.1. The Kier molecular flexibility index (Phi) is 8.00. The van der Waals surface area contributed by atoms with Crippen molar-refractivity contribution in [2.75, 3.05) is 5.32 Å². The molecule has 0 fully saturated rings. The van der Waals surface area contributed by atoms with Crippen LogP contribution in [0.1, 0.15) is 47.8 Å². The van der Waals surface area contributed by atoms with Crippen molar-refractivity contribution in [1.82, 2.24) is 5.32 Å². The summed E-state index contributed by atoms with van der Waals surface area (Å²) in [6, 6.07) is 10.5. The topological polar surface area (TPSA) is 95.5 Å². The lowest BCUT2D eigenvalue weighted by molar-refractivity contribution is -0.137. The molecule has 144 valence electrons. The van der Waals surface area contributed by atoms with Gasteiger partial charge in [0.25, 0.3) is 5.91 Å². The van der Waals surface area contributed by atoms with E-state index in [-0.39, 0.29) is 24.3 Å². The number of carbonyl (C=O) groups excluding carboxylic acids is 2. The molecule has 3 N–H and O–H groups in total. The van der Waals surface area contributed by atoms with Gasteiger partial charge in [-0.1, -0.05) is 12.1 Å². The zero-order chi connectivity index (χ0) is 19.6. The van der Waals surface area contributed by atoms with E-state index in [0.717, 1.165) is 12.8 Å². The summed E-state index contributed by atoms with van der Waals surface area (Å²) >= 11 is 1.68. The standard InChI is InChI=1S/C20H24N2O4S/c1-14(10-11-19(24)25)21-20(26)15-5-2-6-16(13-15)22-18(23)9-3-7-17-8-4-12-27-17/h2,4-6,8,12-14H,3,7,9-11H2,1H3,(H,21,26)(H,22,23)(H,24,25). The Labute approximate surface area is 162 Å². The number of amides is 2. The van der Waals surface area contributed by atoms with Crippen molar-refractivity contribution in [3.8, 4) is 0 Å². The number of anilines is 1. The highest BCUT2D eigenvalue weighted by Gasteiger charge is 2.12. The molecule has 1 atom stereocenters. The molecule has 0 bridgehead atoms. The molecule has 1 heterocycles. The monoisotopic (exact) mass is 388 g/mol. The average Bonchev–Trinajstić information content (AvgIpc) is 3.13. The minimum Gasteiger partial charge on any atom is -0.481 e. The first kappa shape index (κ1) is 20.6. The lowest BCUT2D eigenvalue weighted by atomic mass is 10.1. The number of hydrogen-bond acceptors (Lipinski definition) is 4. The summed E-state index contributed by atoms with van der Waals surface area (Å²) in [4.78, 5) is 36.2. The van der Waals surface area contributed by atoms with Crippen LogP contribution in [0.3, 0.4) is 0 Å². The van der Waals surface area contributed by atoms with Gasteiger partial charge < -0.3 is 15.7 Å². The van der Waals surface area contributed by atoms with Crippen molar-refractivity contribution >= 4 is 34.8 Å². The highest BCUT2D eigenvalue weighted by atomic mass is 32.1. The van der Waals surface area contributed by atoms with Gasteiger partial charge in [-0.25, -0.2) is 0 Å². The first-order chi connectivity index (χ1) is 12.9. The van der Waals surface area contributed by atoms with E-state index in [4.69, 9.17) is 5.11 Å². The fourth-order valence-electron chi connectivity index (χ4n) is 2.56. The molecule has 27 heavy (non-hydrogen) atoms. The maximum Gasteiger partial charge on any atom is 0.303 e. The number of carbonyl (C=O) groups is 3.